The fourth-order valence-electron chi connectivity index (χ4n) is 2.25. The average Bonchev–Trinajstić information content (AvgIpc) is 2.47. The van der Waals surface area contributed by atoms with Gasteiger partial charge in [-0.05, 0) is 49.9 Å². The zero-order valence-corrected chi connectivity index (χ0v) is 11.4. The van der Waals surface area contributed by atoms with Gasteiger partial charge in [0.25, 0.3) is 5.91 Å². The fourth-order valence-corrected chi connectivity index (χ4v) is 2.25. The smallest absolute Gasteiger partial charge is 0.251 e. The molecule has 4 heteroatoms. The van der Waals surface area contributed by atoms with Gasteiger partial charge in [-0.3, -0.25) is 4.79 Å². The zero-order chi connectivity index (χ0) is 13.5. The van der Waals surface area contributed by atoms with Crippen LogP contribution in [0, 0.1) is 5.92 Å². The van der Waals surface area contributed by atoms with Crippen LogP contribution in [0.4, 0.5) is 5.69 Å². The Morgan fingerprint density at radius 2 is 2.16 bits per heavy atom. The van der Waals surface area contributed by atoms with Crippen molar-refractivity contribution >= 4 is 11.6 Å². The van der Waals surface area contributed by atoms with Crippen LogP contribution in [0.1, 0.15) is 30.1 Å². The van der Waals surface area contributed by atoms with Crippen molar-refractivity contribution < 1.29 is 9.53 Å². The normalized spacial score (nSPS) is 18.9. The van der Waals surface area contributed by atoms with E-state index in [1.165, 1.54) is 0 Å². The number of hydrogen-bond acceptors (Lipinski definition) is 3. The Bertz CT molecular complexity index is 397. The highest BCUT2D eigenvalue weighted by atomic mass is 16.5. The molecule has 0 radical (unpaired) electrons. The first-order valence-electron chi connectivity index (χ1n) is 6.99. The van der Waals surface area contributed by atoms with Gasteiger partial charge in [-0.25, -0.2) is 0 Å². The van der Waals surface area contributed by atoms with Gasteiger partial charge in [0.15, 0.2) is 0 Å². The van der Waals surface area contributed by atoms with E-state index in [4.69, 9.17) is 4.74 Å². The van der Waals surface area contributed by atoms with Crippen molar-refractivity contribution in [3.05, 3.63) is 29.8 Å². The Kier molecular flexibility index (Phi) is 5.21. The Labute approximate surface area is 114 Å². The van der Waals surface area contributed by atoms with Gasteiger partial charge < -0.3 is 15.4 Å². The SMILES string of the molecule is CCNc1ccc(C(=O)NCC2CCCOC2)cc1. The van der Waals surface area contributed by atoms with Crippen LogP contribution in [0.2, 0.25) is 0 Å². The highest BCUT2D eigenvalue weighted by molar-refractivity contribution is 5.94. The molecule has 19 heavy (non-hydrogen) atoms. The van der Waals surface area contributed by atoms with Crippen molar-refractivity contribution in [2.45, 2.75) is 19.8 Å². The second-order valence-electron chi connectivity index (χ2n) is 4.90. The average molecular weight is 262 g/mol. The number of rotatable bonds is 5. The summed E-state index contributed by atoms with van der Waals surface area (Å²) in [5.74, 6) is 0.451. The largest absolute Gasteiger partial charge is 0.385 e. The number of ether oxygens (including phenoxy) is 1. The molecule has 1 heterocycles. The van der Waals surface area contributed by atoms with E-state index < -0.39 is 0 Å². The molecule has 4 nitrogen and oxygen atoms in total. The molecule has 0 saturated carbocycles. The van der Waals surface area contributed by atoms with Crippen LogP contribution in [-0.2, 0) is 4.74 Å². The predicted molar refractivity (Wildman–Crippen MR) is 76.5 cm³/mol. The molecule has 1 unspecified atom stereocenters. The van der Waals surface area contributed by atoms with Crippen molar-refractivity contribution in [1.82, 2.24) is 5.32 Å². The van der Waals surface area contributed by atoms with E-state index in [0.29, 0.717) is 18.0 Å². The summed E-state index contributed by atoms with van der Waals surface area (Å²) >= 11 is 0. The van der Waals surface area contributed by atoms with E-state index in [-0.39, 0.29) is 5.91 Å². The van der Waals surface area contributed by atoms with Crippen LogP contribution in [-0.4, -0.2) is 32.2 Å². The van der Waals surface area contributed by atoms with Gasteiger partial charge in [0.1, 0.15) is 0 Å². The molecule has 1 atom stereocenters. The minimum absolute atomic E-state index is 0.00591. The number of carbonyl (C=O) groups is 1. The van der Waals surface area contributed by atoms with E-state index in [9.17, 15) is 4.79 Å². The maximum atomic E-state index is 12.0. The second kappa shape index (κ2) is 7.14. The third kappa shape index (κ3) is 4.24. The van der Waals surface area contributed by atoms with Gasteiger partial charge in [-0.2, -0.15) is 0 Å². The number of amides is 1. The lowest BCUT2D eigenvalue weighted by atomic mass is 10.0. The number of nitrogens with one attached hydrogen (secondary N) is 2. The van der Waals surface area contributed by atoms with Gasteiger partial charge >= 0.3 is 0 Å². The monoisotopic (exact) mass is 262 g/mol. The molecule has 0 aliphatic carbocycles. The second-order valence-corrected chi connectivity index (χ2v) is 4.90. The van der Waals surface area contributed by atoms with Crippen LogP contribution >= 0.6 is 0 Å². The molecule has 1 aliphatic rings. The third-order valence-corrected chi connectivity index (χ3v) is 3.33. The Morgan fingerprint density at radius 3 is 2.79 bits per heavy atom. The molecular formula is C15H22N2O2. The molecule has 0 spiro atoms. The van der Waals surface area contributed by atoms with Crippen LogP contribution in [0.25, 0.3) is 0 Å². The summed E-state index contributed by atoms with van der Waals surface area (Å²) < 4.78 is 5.40. The van der Waals surface area contributed by atoms with Crippen LogP contribution in [0.15, 0.2) is 24.3 Å². The van der Waals surface area contributed by atoms with E-state index in [1.54, 1.807) is 0 Å². The van der Waals surface area contributed by atoms with Gasteiger partial charge in [-0.1, -0.05) is 0 Å². The quantitative estimate of drug-likeness (QED) is 0.856. The minimum Gasteiger partial charge on any atom is -0.385 e. The molecular weight excluding hydrogens is 240 g/mol. The molecule has 0 aromatic heterocycles. The summed E-state index contributed by atoms with van der Waals surface area (Å²) in [6, 6.07) is 7.57. The fraction of sp³-hybridized carbons (Fsp3) is 0.533. The Hall–Kier alpha value is -1.55. The van der Waals surface area contributed by atoms with E-state index >= 15 is 0 Å². The molecule has 1 fully saturated rings. The highest BCUT2D eigenvalue weighted by Gasteiger charge is 2.15. The van der Waals surface area contributed by atoms with Crippen molar-refractivity contribution in [3.8, 4) is 0 Å². The number of benzene rings is 1. The van der Waals surface area contributed by atoms with Crippen LogP contribution in [0.5, 0.6) is 0 Å². The lowest BCUT2D eigenvalue weighted by molar-refractivity contribution is 0.0536. The molecule has 1 aromatic carbocycles. The Balaban J connectivity index is 1.81. The van der Waals surface area contributed by atoms with Crippen LogP contribution in [0.3, 0.4) is 0 Å². The molecule has 104 valence electrons. The lowest BCUT2D eigenvalue weighted by Gasteiger charge is -2.22. The van der Waals surface area contributed by atoms with Crippen molar-refractivity contribution in [3.63, 3.8) is 0 Å². The van der Waals surface area contributed by atoms with Gasteiger partial charge in [-0.15, -0.1) is 0 Å². The maximum absolute atomic E-state index is 12.0. The third-order valence-electron chi connectivity index (χ3n) is 3.33. The van der Waals surface area contributed by atoms with Crippen molar-refractivity contribution in [1.29, 1.82) is 0 Å². The van der Waals surface area contributed by atoms with Gasteiger partial charge in [0, 0.05) is 30.9 Å². The summed E-state index contributed by atoms with van der Waals surface area (Å²) in [4.78, 5) is 12.0. The molecule has 2 rings (SSSR count). The molecule has 1 aromatic rings. The summed E-state index contributed by atoms with van der Waals surface area (Å²) in [7, 11) is 0. The number of hydrogen-bond donors (Lipinski definition) is 2. The number of anilines is 1. The maximum Gasteiger partial charge on any atom is 0.251 e. The topological polar surface area (TPSA) is 50.4 Å². The van der Waals surface area contributed by atoms with Crippen molar-refractivity contribution in [2.75, 3.05) is 31.6 Å². The molecule has 2 N–H and O–H groups in total. The zero-order valence-electron chi connectivity index (χ0n) is 11.4. The lowest BCUT2D eigenvalue weighted by Crippen LogP contribution is -2.33. The van der Waals surface area contributed by atoms with Gasteiger partial charge in [0.05, 0.1) is 6.61 Å². The first-order valence-corrected chi connectivity index (χ1v) is 6.99. The van der Waals surface area contributed by atoms with Crippen molar-refractivity contribution in [2.24, 2.45) is 5.92 Å². The van der Waals surface area contributed by atoms with Gasteiger partial charge in [0.2, 0.25) is 0 Å². The molecule has 1 saturated heterocycles. The van der Waals surface area contributed by atoms with E-state index in [1.807, 2.05) is 31.2 Å². The number of carbonyl (C=O) groups excluding carboxylic acids is 1. The first-order chi connectivity index (χ1) is 9.29. The Morgan fingerprint density at radius 1 is 1.37 bits per heavy atom. The van der Waals surface area contributed by atoms with E-state index in [2.05, 4.69) is 10.6 Å². The summed E-state index contributed by atoms with van der Waals surface area (Å²) in [6.07, 6.45) is 2.23. The summed E-state index contributed by atoms with van der Waals surface area (Å²) in [5.41, 5.74) is 1.75. The van der Waals surface area contributed by atoms with E-state index in [0.717, 1.165) is 38.3 Å². The molecule has 1 aliphatic heterocycles. The summed E-state index contributed by atoms with van der Waals surface area (Å²) in [5, 5.41) is 6.19. The molecule has 1 amide bonds. The first kappa shape index (κ1) is 13.9. The summed E-state index contributed by atoms with van der Waals surface area (Å²) in [6.45, 7) is 5.25. The molecule has 0 bridgehead atoms. The van der Waals surface area contributed by atoms with Crippen LogP contribution < -0.4 is 10.6 Å². The highest BCUT2D eigenvalue weighted by Crippen LogP contribution is 2.13. The standard InChI is InChI=1S/C15H22N2O2/c1-2-16-14-7-5-13(6-8-14)15(18)17-10-12-4-3-9-19-11-12/h5-8,12,16H,2-4,9-11H2,1H3,(H,17,18). The minimum atomic E-state index is -0.00591. The predicted octanol–water partition coefficient (Wildman–Crippen LogP) is 2.27.